The number of hydrogen-bond acceptors (Lipinski definition) is 4. The first kappa shape index (κ1) is 23.5. The van der Waals surface area contributed by atoms with Gasteiger partial charge in [-0.1, -0.05) is 36.4 Å². The molecular weight excluding hydrogens is 402 g/mol. The van der Waals surface area contributed by atoms with Gasteiger partial charge in [-0.15, -0.1) is 0 Å². The Morgan fingerprint density at radius 2 is 1.44 bits per heavy atom. The molecule has 0 bridgehead atoms. The molecule has 1 saturated heterocycles. The van der Waals surface area contributed by atoms with Crippen molar-refractivity contribution in [1.82, 2.24) is 14.8 Å². The van der Waals surface area contributed by atoms with Crippen LogP contribution in [0.25, 0.3) is 11.1 Å². The maximum atomic E-state index is 11.1. The molecule has 0 spiro atoms. The minimum Gasteiger partial charge on any atom is -0.441 e. The van der Waals surface area contributed by atoms with Gasteiger partial charge < -0.3 is 14.2 Å². The second-order valence-electron chi connectivity index (χ2n) is 8.23. The van der Waals surface area contributed by atoms with Gasteiger partial charge in [0.2, 0.25) is 11.8 Å². The van der Waals surface area contributed by atoms with Crippen LogP contribution >= 0.6 is 0 Å². The number of aromatic nitrogens is 1. The molecule has 5 rings (SSSR count). The summed E-state index contributed by atoms with van der Waals surface area (Å²) in [4.78, 5) is 29.8. The zero-order valence-corrected chi connectivity index (χ0v) is 19.3. The normalized spacial score (nSPS) is 15.1. The molecule has 3 aromatic rings. The van der Waals surface area contributed by atoms with Gasteiger partial charge >= 0.3 is 0 Å². The molecule has 3 heterocycles. The first-order valence-electron chi connectivity index (χ1n) is 11.3. The Hall–Kier alpha value is -3.15. The van der Waals surface area contributed by atoms with Crippen molar-refractivity contribution in [2.45, 2.75) is 53.0 Å². The molecule has 2 aliphatic rings. The predicted octanol–water partition coefficient (Wildman–Crippen LogP) is 4.75. The Kier molecular flexibility index (Phi) is 8.42. The topological polar surface area (TPSA) is 66.7 Å². The summed E-state index contributed by atoms with van der Waals surface area (Å²) < 4.78 is 5.26. The summed E-state index contributed by atoms with van der Waals surface area (Å²) in [5.41, 5.74) is 4.48. The van der Waals surface area contributed by atoms with Crippen LogP contribution in [-0.4, -0.2) is 46.2 Å². The van der Waals surface area contributed by atoms with E-state index < -0.39 is 0 Å². The Bertz CT molecular complexity index is 1000. The van der Waals surface area contributed by atoms with E-state index in [0.29, 0.717) is 0 Å². The number of aryl methyl sites for hydroxylation is 1. The largest absolute Gasteiger partial charge is 0.441 e. The Morgan fingerprint density at radius 1 is 0.812 bits per heavy atom. The van der Waals surface area contributed by atoms with E-state index in [1.54, 1.807) is 13.8 Å². The number of para-hydroxylation sites is 2. The number of hydrogen-bond donors (Lipinski definition) is 0. The fourth-order valence-electron chi connectivity index (χ4n) is 3.96. The summed E-state index contributed by atoms with van der Waals surface area (Å²) in [6.07, 6.45) is 4.68. The van der Waals surface area contributed by atoms with Crippen LogP contribution in [0.15, 0.2) is 52.9 Å². The summed E-state index contributed by atoms with van der Waals surface area (Å²) in [6.45, 7) is 8.74. The van der Waals surface area contributed by atoms with Crippen molar-refractivity contribution >= 4 is 22.9 Å². The van der Waals surface area contributed by atoms with Gasteiger partial charge in [-0.05, 0) is 48.9 Å². The number of amides is 2. The molecule has 2 aliphatic heterocycles. The highest BCUT2D eigenvalue weighted by Crippen LogP contribution is 2.18. The lowest BCUT2D eigenvalue weighted by Crippen LogP contribution is -2.34. The summed E-state index contributed by atoms with van der Waals surface area (Å²) in [7, 11) is 0. The standard InChI is InChI=1S/C11H13NO.C8H7NO.C7H13NO/c1-9(13)12-7-6-10-4-2-3-5-11(10)8-12;1-6-9-7-4-2-3-5-8(7)10-6;1-7(9)8-5-3-2-4-6-8/h2-5H,6-8H2,1H3;2-5H,1H3;2-6H2,1H3. The molecule has 1 fully saturated rings. The second kappa shape index (κ2) is 11.5. The molecule has 32 heavy (non-hydrogen) atoms. The lowest BCUT2D eigenvalue weighted by molar-refractivity contribution is -0.130. The molecule has 170 valence electrons. The van der Waals surface area contributed by atoms with Gasteiger partial charge in [-0.3, -0.25) is 9.59 Å². The quantitative estimate of drug-likeness (QED) is 0.511. The van der Waals surface area contributed by atoms with Crippen LogP contribution in [0.5, 0.6) is 0 Å². The minimum absolute atomic E-state index is 0.175. The highest BCUT2D eigenvalue weighted by atomic mass is 16.3. The Balaban J connectivity index is 0.000000138. The molecule has 0 N–H and O–H groups in total. The van der Waals surface area contributed by atoms with Crippen molar-refractivity contribution in [3.63, 3.8) is 0 Å². The van der Waals surface area contributed by atoms with Crippen LogP contribution in [0.1, 0.15) is 50.1 Å². The second-order valence-corrected chi connectivity index (χ2v) is 8.23. The Morgan fingerprint density at radius 3 is 2.06 bits per heavy atom. The lowest BCUT2D eigenvalue weighted by atomic mass is 10.00. The van der Waals surface area contributed by atoms with Gasteiger partial charge in [0.25, 0.3) is 0 Å². The van der Waals surface area contributed by atoms with E-state index in [1.807, 2.05) is 47.1 Å². The molecule has 0 radical (unpaired) electrons. The van der Waals surface area contributed by atoms with Gasteiger partial charge in [0, 0.05) is 47.0 Å². The fourth-order valence-corrected chi connectivity index (χ4v) is 3.96. The van der Waals surface area contributed by atoms with Crippen LogP contribution in [-0.2, 0) is 22.6 Å². The van der Waals surface area contributed by atoms with Gasteiger partial charge in [0.15, 0.2) is 11.5 Å². The van der Waals surface area contributed by atoms with E-state index in [4.69, 9.17) is 4.42 Å². The molecule has 0 unspecified atom stereocenters. The van der Waals surface area contributed by atoms with Crippen molar-refractivity contribution in [2.75, 3.05) is 19.6 Å². The molecule has 0 saturated carbocycles. The van der Waals surface area contributed by atoms with Crippen LogP contribution in [0, 0.1) is 6.92 Å². The van der Waals surface area contributed by atoms with Gasteiger partial charge in [0.05, 0.1) is 0 Å². The number of rotatable bonds is 0. The van der Waals surface area contributed by atoms with Crippen molar-refractivity contribution < 1.29 is 14.0 Å². The number of piperidine rings is 1. The highest BCUT2D eigenvalue weighted by Gasteiger charge is 2.16. The van der Waals surface area contributed by atoms with Crippen LogP contribution in [0.3, 0.4) is 0 Å². The molecule has 6 nitrogen and oxygen atoms in total. The number of carbonyl (C=O) groups is 2. The molecule has 0 atom stereocenters. The first-order valence-corrected chi connectivity index (χ1v) is 11.3. The summed E-state index contributed by atoms with van der Waals surface area (Å²) in [6, 6.07) is 16.1. The molecule has 6 heteroatoms. The average Bonchev–Trinajstić information content (AvgIpc) is 3.20. The minimum atomic E-state index is 0.175. The van der Waals surface area contributed by atoms with E-state index in [-0.39, 0.29) is 11.8 Å². The van der Waals surface area contributed by atoms with E-state index in [9.17, 15) is 9.59 Å². The monoisotopic (exact) mass is 435 g/mol. The average molecular weight is 436 g/mol. The molecule has 2 aromatic carbocycles. The fraction of sp³-hybridized carbons (Fsp3) is 0.423. The van der Waals surface area contributed by atoms with Crippen molar-refractivity contribution in [1.29, 1.82) is 0 Å². The number of nitrogens with zero attached hydrogens (tertiary/aromatic N) is 3. The highest BCUT2D eigenvalue weighted by molar-refractivity contribution is 5.74. The first-order chi connectivity index (χ1) is 15.4. The Labute approximate surface area is 190 Å². The molecular formula is C26H33N3O3. The van der Waals surface area contributed by atoms with E-state index in [0.717, 1.165) is 49.6 Å². The van der Waals surface area contributed by atoms with E-state index in [2.05, 4.69) is 23.2 Å². The van der Waals surface area contributed by atoms with Crippen molar-refractivity contribution in [2.24, 2.45) is 0 Å². The third kappa shape index (κ3) is 6.67. The van der Waals surface area contributed by atoms with Gasteiger partial charge in [-0.25, -0.2) is 4.98 Å². The third-order valence-corrected chi connectivity index (χ3v) is 5.78. The zero-order chi connectivity index (χ0) is 22.9. The number of benzene rings is 2. The lowest BCUT2D eigenvalue weighted by Gasteiger charge is -2.27. The number of likely N-dealkylation sites (tertiary alicyclic amines) is 1. The smallest absolute Gasteiger partial charge is 0.219 e. The zero-order valence-electron chi connectivity index (χ0n) is 19.3. The number of fused-ring (bicyclic) bond motifs is 2. The summed E-state index contributed by atoms with van der Waals surface area (Å²) >= 11 is 0. The van der Waals surface area contributed by atoms with Crippen LogP contribution in [0.2, 0.25) is 0 Å². The molecule has 2 amide bonds. The SMILES string of the molecule is CC(=O)N1CCCCC1.CC(=O)N1CCc2ccccc2C1.Cc1nc2ccccc2o1. The number of oxazole rings is 1. The summed E-state index contributed by atoms with van der Waals surface area (Å²) in [5, 5.41) is 0. The number of carbonyl (C=O) groups excluding carboxylic acids is 2. The van der Waals surface area contributed by atoms with Gasteiger partial charge in [-0.2, -0.15) is 0 Å². The maximum absolute atomic E-state index is 11.1. The summed E-state index contributed by atoms with van der Waals surface area (Å²) in [5.74, 6) is 1.13. The maximum Gasteiger partial charge on any atom is 0.219 e. The van der Waals surface area contributed by atoms with E-state index >= 15 is 0 Å². The molecule has 1 aromatic heterocycles. The third-order valence-electron chi connectivity index (χ3n) is 5.78. The predicted molar refractivity (Wildman–Crippen MR) is 126 cm³/mol. The van der Waals surface area contributed by atoms with E-state index in [1.165, 1.54) is 30.4 Å². The van der Waals surface area contributed by atoms with Gasteiger partial charge in [0.1, 0.15) is 5.52 Å². The van der Waals surface area contributed by atoms with Crippen molar-refractivity contribution in [3.8, 4) is 0 Å². The van der Waals surface area contributed by atoms with Crippen LogP contribution < -0.4 is 0 Å². The van der Waals surface area contributed by atoms with Crippen molar-refractivity contribution in [3.05, 3.63) is 65.5 Å². The molecule has 0 aliphatic carbocycles. The van der Waals surface area contributed by atoms with Crippen LogP contribution in [0.4, 0.5) is 0 Å².